The zero-order valence-corrected chi connectivity index (χ0v) is 11.3. The number of nitrogens with zero attached hydrogens (tertiary/aromatic N) is 3. The fraction of sp³-hybridized carbons (Fsp3) is 0.444. The summed E-state index contributed by atoms with van der Waals surface area (Å²) < 4.78 is 6.11. The summed E-state index contributed by atoms with van der Waals surface area (Å²) in [6.45, 7) is 7.94. The number of hydrogen-bond donors (Lipinski definition) is 1. The first-order valence-corrected chi connectivity index (χ1v) is 5.80. The van der Waals surface area contributed by atoms with E-state index in [2.05, 4.69) is 42.8 Å². The first-order valence-electron chi connectivity index (χ1n) is 4.62. The normalized spacial score (nSPS) is 10.3. The van der Waals surface area contributed by atoms with Crippen LogP contribution < -0.4 is 10.1 Å². The third-order valence-electron chi connectivity index (χ3n) is 1.37. The van der Waals surface area contributed by atoms with E-state index >= 15 is 0 Å². The molecule has 88 valence electrons. The Labute approximate surface area is 107 Å². The van der Waals surface area contributed by atoms with Crippen LogP contribution in [-0.2, 0) is 0 Å². The molecule has 5 nitrogen and oxygen atoms in total. The SMILES string of the molecule is C=C(Br)CNc1nc(Cl)nc(OC(C)C)n1. The summed E-state index contributed by atoms with van der Waals surface area (Å²) in [4.78, 5) is 11.8. The minimum Gasteiger partial charge on any atom is -0.461 e. The Bertz CT molecular complexity index is 386. The molecule has 16 heavy (non-hydrogen) atoms. The molecule has 0 unspecified atom stereocenters. The van der Waals surface area contributed by atoms with Crippen molar-refractivity contribution in [2.75, 3.05) is 11.9 Å². The molecule has 1 aromatic rings. The largest absolute Gasteiger partial charge is 0.461 e. The number of nitrogens with one attached hydrogen (secondary N) is 1. The van der Waals surface area contributed by atoms with Gasteiger partial charge in [0.1, 0.15) is 0 Å². The van der Waals surface area contributed by atoms with Gasteiger partial charge in [0, 0.05) is 11.0 Å². The molecule has 0 saturated heterocycles. The topological polar surface area (TPSA) is 59.9 Å². The lowest BCUT2D eigenvalue weighted by Crippen LogP contribution is -2.12. The number of aromatic nitrogens is 3. The molecule has 1 aromatic heterocycles. The van der Waals surface area contributed by atoms with Crippen molar-refractivity contribution < 1.29 is 4.74 Å². The molecule has 0 aliphatic heterocycles. The summed E-state index contributed by atoms with van der Waals surface area (Å²) in [5.74, 6) is 0.358. The minimum atomic E-state index is -0.0162. The van der Waals surface area contributed by atoms with Gasteiger partial charge in [-0.15, -0.1) is 0 Å². The van der Waals surface area contributed by atoms with Crippen molar-refractivity contribution in [1.82, 2.24) is 15.0 Å². The van der Waals surface area contributed by atoms with E-state index in [1.54, 1.807) is 0 Å². The van der Waals surface area contributed by atoms with Crippen molar-refractivity contribution in [3.05, 3.63) is 16.3 Å². The average molecular weight is 308 g/mol. The average Bonchev–Trinajstić information content (AvgIpc) is 2.12. The molecule has 0 spiro atoms. The lowest BCUT2D eigenvalue weighted by Gasteiger charge is -2.09. The highest BCUT2D eigenvalue weighted by atomic mass is 79.9. The third-order valence-corrected chi connectivity index (χ3v) is 1.82. The van der Waals surface area contributed by atoms with Crippen LogP contribution in [0.25, 0.3) is 0 Å². The quantitative estimate of drug-likeness (QED) is 0.906. The van der Waals surface area contributed by atoms with Gasteiger partial charge in [-0.2, -0.15) is 15.0 Å². The number of halogens is 2. The fourth-order valence-electron chi connectivity index (χ4n) is 0.849. The number of anilines is 1. The second-order valence-corrected chi connectivity index (χ2v) is 4.71. The molecule has 0 amide bonds. The van der Waals surface area contributed by atoms with Crippen molar-refractivity contribution in [2.45, 2.75) is 20.0 Å². The first-order chi connectivity index (χ1) is 7.47. The van der Waals surface area contributed by atoms with Crippen LogP contribution in [0.2, 0.25) is 5.28 Å². The molecule has 0 fully saturated rings. The summed E-state index contributed by atoms with van der Waals surface area (Å²) in [5, 5.41) is 3.02. The molecule has 0 atom stereocenters. The Morgan fingerprint density at radius 2 is 2.19 bits per heavy atom. The molecule has 0 saturated carbocycles. The molecule has 1 N–H and O–H groups in total. The summed E-state index contributed by atoms with van der Waals surface area (Å²) in [5.41, 5.74) is 0. The summed E-state index contributed by atoms with van der Waals surface area (Å²) in [6.07, 6.45) is -0.0162. The molecule has 0 radical (unpaired) electrons. The van der Waals surface area contributed by atoms with Gasteiger partial charge in [0.15, 0.2) is 0 Å². The van der Waals surface area contributed by atoms with Crippen LogP contribution in [0, 0.1) is 0 Å². The smallest absolute Gasteiger partial charge is 0.322 e. The van der Waals surface area contributed by atoms with Gasteiger partial charge >= 0.3 is 6.01 Å². The van der Waals surface area contributed by atoms with E-state index < -0.39 is 0 Å². The van der Waals surface area contributed by atoms with Crippen LogP contribution in [0.5, 0.6) is 6.01 Å². The van der Waals surface area contributed by atoms with E-state index in [4.69, 9.17) is 16.3 Å². The Kier molecular flexibility index (Phi) is 4.95. The molecule has 0 aromatic carbocycles. The maximum atomic E-state index is 5.73. The van der Waals surface area contributed by atoms with Crippen molar-refractivity contribution >= 4 is 33.5 Å². The van der Waals surface area contributed by atoms with Gasteiger partial charge < -0.3 is 10.1 Å². The first kappa shape index (κ1) is 13.2. The highest BCUT2D eigenvalue weighted by molar-refractivity contribution is 9.11. The van der Waals surface area contributed by atoms with Crippen molar-refractivity contribution in [3.8, 4) is 6.01 Å². The molecular weight excluding hydrogens is 295 g/mol. The van der Waals surface area contributed by atoms with Crippen LogP contribution in [0.3, 0.4) is 0 Å². The predicted octanol–water partition coefficient (Wildman–Crippen LogP) is 2.63. The maximum Gasteiger partial charge on any atom is 0.322 e. The van der Waals surface area contributed by atoms with E-state index in [1.807, 2.05) is 13.8 Å². The van der Waals surface area contributed by atoms with Gasteiger partial charge in [-0.25, -0.2) is 0 Å². The Morgan fingerprint density at radius 3 is 2.75 bits per heavy atom. The Morgan fingerprint density at radius 1 is 1.50 bits per heavy atom. The monoisotopic (exact) mass is 306 g/mol. The van der Waals surface area contributed by atoms with Gasteiger partial charge in [0.2, 0.25) is 11.2 Å². The van der Waals surface area contributed by atoms with Gasteiger partial charge in [0.25, 0.3) is 0 Å². The van der Waals surface area contributed by atoms with Crippen molar-refractivity contribution in [1.29, 1.82) is 0 Å². The standard InChI is InChI=1S/C9H12BrClN4O/c1-5(2)16-9-14-7(11)13-8(15-9)12-4-6(3)10/h5H,3-4H2,1-2H3,(H,12,13,14,15). The predicted molar refractivity (Wildman–Crippen MR) is 67.2 cm³/mol. The van der Waals surface area contributed by atoms with Crippen LogP contribution in [0.4, 0.5) is 5.95 Å². The Balaban J connectivity index is 2.77. The molecule has 0 bridgehead atoms. The number of rotatable bonds is 5. The summed E-state index contributed by atoms with van der Waals surface area (Å²) in [7, 11) is 0. The zero-order chi connectivity index (χ0) is 12.1. The molecule has 0 aliphatic rings. The van der Waals surface area contributed by atoms with Crippen LogP contribution in [-0.4, -0.2) is 27.6 Å². The number of hydrogen-bond acceptors (Lipinski definition) is 5. The molecule has 7 heteroatoms. The van der Waals surface area contributed by atoms with Gasteiger partial charge in [0.05, 0.1) is 6.10 Å². The van der Waals surface area contributed by atoms with Gasteiger partial charge in [-0.1, -0.05) is 22.5 Å². The van der Waals surface area contributed by atoms with Crippen molar-refractivity contribution in [3.63, 3.8) is 0 Å². The lowest BCUT2D eigenvalue weighted by molar-refractivity contribution is 0.222. The molecule has 1 rings (SSSR count). The highest BCUT2D eigenvalue weighted by Gasteiger charge is 2.07. The number of ether oxygens (including phenoxy) is 1. The summed E-state index contributed by atoms with van der Waals surface area (Å²) >= 11 is 8.95. The minimum absolute atomic E-state index is 0.0162. The molecular formula is C9H12BrClN4O. The molecule has 1 heterocycles. The second kappa shape index (κ2) is 6.00. The lowest BCUT2D eigenvalue weighted by atomic mass is 10.5. The third kappa shape index (κ3) is 4.76. The van der Waals surface area contributed by atoms with E-state index in [1.165, 1.54) is 0 Å². The van der Waals surface area contributed by atoms with E-state index in [0.29, 0.717) is 12.5 Å². The Hall–Kier alpha value is -0.880. The van der Waals surface area contributed by atoms with Gasteiger partial charge in [-0.05, 0) is 25.4 Å². The van der Waals surface area contributed by atoms with Crippen molar-refractivity contribution in [2.24, 2.45) is 0 Å². The van der Waals surface area contributed by atoms with E-state index in [-0.39, 0.29) is 17.4 Å². The van der Waals surface area contributed by atoms with Gasteiger partial charge in [-0.3, -0.25) is 0 Å². The zero-order valence-electron chi connectivity index (χ0n) is 9.00. The highest BCUT2D eigenvalue weighted by Crippen LogP contribution is 2.13. The van der Waals surface area contributed by atoms with E-state index in [0.717, 1.165) is 4.48 Å². The van der Waals surface area contributed by atoms with Crippen LogP contribution in [0.1, 0.15) is 13.8 Å². The van der Waals surface area contributed by atoms with Crippen LogP contribution in [0.15, 0.2) is 11.1 Å². The van der Waals surface area contributed by atoms with Crippen LogP contribution >= 0.6 is 27.5 Å². The summed E-state index contributed by atoms with van der Waals surface area (Å²) in [6, 6.07) is 0.206. The maximum absolute atomic E-state index is 5.73. The fourth-order valence-corrected chi connectivity index (χ4v) is 1.14. The second-order valence-electron chi connectivity index (χ2n) is 3.25. The molecule has 0 aliphatic carbocycles. The van der Waals surface area contributed by atoms with E-state index in [9.17, 15) is 0 Å².